The van der Waals surface area contributed by atoms with Crippen LogP contribution in [0.2, 0.25) is 0 Å². The summed E-state index contributed by atoms with van der Waals surface area (Å²) in [6.07, 6.45) is 0. The first-order valence-electron chi connectivity index (χ1n) is 13.5. The predicted molar refractivity (Wildman–Crippen MR) is 161 cm³/mol. The smallest absolute Gasteiger partial charge is 0.256 e. The summed E-state index contributed by atoms with van der Waals surface area (Å²) in [6, 6.07) is 36.7. The minimum atomic E-state index is 0.0349. The topological polar surface area (TPSA) is 38.0 Å². The monoisotopic (exact) mass is 500 g/mol. The largest absolute Gasteiger partial charge is 0.458 e. The van der Waals surface area contributed by atoms with Crippen LogP contribution in [0, 0.1) is 11.3 Å². The number of para-hydroxylation sites is 2. The van der Waals surface area contributed by atoms with Crippen LogP contribution in [0.3, 0.4) is 0 Å². The third kappa shape index (κ3) is 3.05. The molecule has 0 spiro atoms. The molecule has 0 saturated carbocycles. The van der Waals surface area contributed by atoms with Crippen LogP contribution >= 0.6 is 0 Å². The van der Waals surface area contributed by atoms with Gasteiger partial charge in [0.15, 0.2) is 0 Å². The van der Waals surface area contributed by atoms with Crippen LogP contribution in [0.15, 0.2) is 97.1 Å². The van der Waals surface area contributed by atoms with Gasteiger partial charge in [0, 0.05) is 22.0 Å². The van der Waals surface area contributed by atoms with E-state index in [1.54, 1.807) is 0 Å². The first kappa shape index (κ1) is 22.3. The Morgan fingerprint density at radius 2 is 1.54 bits per heavy atom. The van der Waals surface area contributed by atoms with Gasteiger partial charge in [-0.3, -0.25) is 0 Å². The van der Waals surface area contributed by atoms with E-state index in [9.17, 15) is 5.26 Å². The fourth-order valence-corrected chi connectivity index (χ4v) is 6.53. The van der Waals surface area contributed by atoms with Crippen LogP contribution in [0.1, 0.15) is 31.9 Å². The molecule has 39 heavy (non-hydrogen) atoms. The van der Waals surface area contributed by atoms with Crippen LogP contribution in [-0.2, 0) is 5.41 Å². The Bertz CT molecular complexity index is 2040. The SMILES string of the molecule is CC(C)(C)c1ccc2c(c1)B1c3c(cc(-c4ccc(C#N)cc4)cc3-n3c4ccccc4c4cccc1c43)O2. The van der Waals surface area contributed by atoms with E-state index in [1.165, 1.54) is 43.8 Å². The van der Waals surface area contributed by atoms with Crippen molar-refractivity contribution in [2.45, 2.75) is 26.2 Å². The maximum absolute atomic E-state index is 9.32. The van der Waals surface area contributed by atoms with Crippen molar-refractivity contribution in [3.63, 3.8) is 0 Å². The van der Waals surface area contributed by atoms with E-state index in [0.717, 1.165) is 28.3 Å². The van der Waals surface area contributed by atoms with Crippen molar-refractivity contribution in [2.24, 2.45) is 0 Å². The quantitative estimate of drug-likeness (QED) is 0.240. The van der Waals surface area contributed by atoms with Crippen molar-refractivity contribution in [1.82, 2.24) is 4.57 Å². The summed E-state index contributed by atoms with van der Waals surface area (Å²) >= 11 is 0. The molecule has 184 valence electrons. The Labute approximate surface area is 228 Å². The summed E-state index contributed by atoms with van der Waals surface area (Å²) < 4.78 is 9.17. The fourth-order valence-electron chi connectivity index (χ4n) is 6.53. The molecule has 2 aliphatic heterocycles. The summed E-state index contributed by atoms with van der Waals surface area (Å²) in [7, 11) is 0. The molecule has 8 rings (SSSR count). The van der Waals surface area contributed by atoms with E-state index < -0.39 is 0 Å². The average Bonchev–Trinajstić information content (AvgIpc) is 3.29. The van der Waals surface area contributed by atoms with E-state index in [1.807, 2.05) is 24.3 Å². The minimum absolute atomic E-state index is 0.0349. The molecule has 1 aromatic heterocycles. The maximum atomic E-state index is 9.32. The molecule has 0 N–H and O–H groups in total. The lowest BCUT2D eigenvalue weighted by molar-refractivity contribution is 0.486. The van der Waals surface area contributed by atoms with Crippen molar-refractivity contribution in [1.29, 1.82) is 5.26 Å². The maximum Gasteiger partial charge on any atom is 0.256 e. The Morgan fingerprint density at radius 1 is 0.744 bits per heavy atom. The summed E-state index contributed by atoms with van der Waals surface area (Å²) in [5.74, 6) is 1.82. The molecular formula is C35H25BN2O. The summed E-state index contributed by atoms with van der Waals surface area (Å²) in [5.41, 5.74) is 11.5. The molecule has 0 bridgehead atoms. The van der Waals surface area contributed by atoms with Crippen LogP contribution < -0.4 is 21.1 Å². The van der Waals surface area contributed by atoms with Crippen LogP contribution in [-0.4, -0.2) is 11.3 Å². The predicted octanol–water partition coefficient (Wildman–Crippen LogP) is 6.56. The third-order valence-electron chi connectivity index (χ3n) is 8.44. The molecule has 5 aromatic carbocycles. The van der Waals surface area contributed by atoms with Crippen LogP contribution in [0.5, 0.6) is 11.5 Å². The minimum Gasteiger partial charge on any atom is -0.458 e. The standard InChI is InChI=1S/C35H25BN2O/c1-35(2,3)24-15-16-31-28(19-24)36-27-9-6-8-26-25-7-4-5-10-29(25)38(34(26)27)30-17-23(18-32(39-31)33(30)36)22-13-11-21(20-37)12-14-22/h4-19H,1-3H3. The lowest BCUT2D eigenvalue weighted by atomic mass is 9.34. The number of rotatable bonds is 1. The zero-order chi connectivity index (χ0) is 26.5. The van der Waals surface area contributed by atoms with E-state index >= 15 is 0 Å². The van der Waals surface area contributed by atoms with E-state index in [4.69, 9.17) is 4.74 Å². The molecule has 0 radical (unpaired) electrons. The second kappa shape index (κ2) is 7.65. The van der Waals surface area contributed by atoms with Gasteiger partial charge >= 0.3 is 0 Å². The number of ether oxygens (including phenoxy) is 1. The second-order valence-corrected chi connectivity index (χ2v) is 11.7. The van der Waals surface area contributed by atoms with Gasteiger partial charge in [0.25, 0.3) is 6.71 Å². The molecule has 0 amide bonds. The molecule has 0 atom stereocenters. The molecular weight excluding hydrogens is 475 g/mol. The Kier molecular flexibility index (Phi) is 4.37. The van der Waals surface area contributed by atoms with Gasteiger partial charge in [0.05, 0.1) is 17.1 Å². The number of hydrogen-bond acceptors (Lipinski definition) is 2. The number of fused-ring (bicyclic) bond motifs is 7. The Balaban J connectivity index is 1.50. The molecule has 3 nitrogen and oxygen atoms in total. The summed E-state index contributed by atoms with van der Waals surface area (Å²) in [4.78, 5) is 0. The molecule has 0 fully saturated rings. The van der Waals surface area contributed by atoms with Crippen molar-refractivity contribution >= 4 is 44.9 Å². The van der Waals surface area contributed by atoms with E-state index in [0.29, 0.717) is 5.56 Å². The van der Waals surface area contributed by atoms with Crippen LogP contribution in [0.25, 0.3) is 38.6 Å². The van der Waals surface area contributed by atoms with Gasteiger partial charge in [-0.15, -0.1) is 0 Å². The summed E-state index contributed by atoms with van der Waals surface area (Å²) in [6.45, 7) is 6.88. The van der Waals surface area contributed by atoms with Crippen molar-refractivity contribution in [2.75, 3.05) is 0 Å². The van der Waals surface area contributed by atoms with E-state index in [2.05, 4.69) is 104 Å². The number of benzene rings is 5. The van der Waals surface area contributed by atoms with Crippen molar-refractivity contribution in [3.8, 4) is 34.4 Å². The van der Waals surface area contributed by atoms with Gasteiger partial charge in [-0.05, 0) is 74.9 Å². The van der Waals surface area contributed by atoms with Gasteiger partial charge in [-0.2, -0.15) is 5.26 Å². The zero-order valence-corrected chi connectivity index (χ0v) is 22.1. The number of nitrogens with zero attached hydrogens (tertiary/aromatic N) is 2. The molecule has 2 aliphatic rings. The van der Waals surface area contributed by atoms with Crippen molar-refractivity contribution < 1.29 is 4.74 Å². The van der Waals surface area contributed by atoms with Gasteiger partial charge < -0.3 is 9.30 Å². The van der Waals surface area contributed by atoms with Gasteiger partial charge in [0.1, 0.15) is 11.5 Å². The first-order chi connectivity index (χ1) is 18.9. The van der Waals surface area contributed by atoms with Gasteiger partial charge in [-0.1, -0.05) is 81.4 Å². The first-order valence-corrected chi connectivity index (χ1v) is 13.5. The Morgan fingerprint density at radius 3 is 2.33 bits per heavy atom. The van der Waals surface area contributed by atoms with Gasteiger partial charge in [-0.25, -0.2) is 0 Å². The van der Waals surface area contributed by atoms with E-state index in [-0.39, 0.29) is 12.1 Å². The third-order valence-corrected chi connectivity index (χ3v) is 8.44. The highest BCUT2D eigenvalue weighted by Gasteiger charge is 2.41. The highest BCUT2D eigenvalue weighted by molar-refractivity contribution is 6.99. The average molecular weight is 500 g/mol. The normalized spacial score (nSPS) is 13.1. The van der Waals surface area contributed by atoms with Gasteiger partial charge in [0.2, 0.25) is 0 Å². The number of nitriles is 1. The lowest BCUT2D eigenvalue weighted by Gasteiger charge is -2.34. The second-order valence-electron chi connectivity index (χ2n) is 11.7. The molecule has 6 aromatic rings. The fraction of sp³-hybridized carbons (Fsp3) is 0.114. The Hall–Kier alpha value is -4.75. The molecule has 0 aliphatic carbocycles. The highest BCUT2D eigenvalue weighted by atomic mass is 16.5. The van der Waals surface area contributed by atoms with Crippen molar-refractivity contribution in [3.05, 3.63) is 108 Å². The van der Waals surface area contributed by atoms with Crippen LogP contribution in [0.4, 0.5) is 0 Å². The molecule has 4 heteroatoms. The summed E-state index contributed by atoms with van der Waals surface area (Å²) in [5, 5.41) is 11.9. The zero-order valence-electron chi connectivity index (χ0n) is 22.1. The molecule has 3 heterocycles. The molecule has 0 saturated heterocycles. The number of hydrogen-bond donors (Lipinski definition) is 0. The molecule has 0 unspecified atom stereocenters. The highest BCUT2D eigenvalue weighted by Crippen LogP contribution is 2.40. The number of aromatic nitrogens is 1. The lowest BCUT2D eigenvalue weighted by Crippen LogP contribution is -2.58.